The van der Waals surface area contributed by atoms with Gasteiger partial charge in [0.15, 0.2) is 0 Å². The topological polar surface area (TPSA) is 20.2 Å². The van der Waals surface area contributed by atoms with Crippen molar-refractivity contribution >= 4 is 11.6 Å². The van der Waals surface area contributed by atoms with Gasteiger partial charge in [-0.3, -0.25) is 0 Å². The number of hydrogen-bond donors (Lipinski definition) is 1. The summed E-state index contributed by atoms with van der Waals surface area (Å²) in [5.41, 5.74) is 3.27. The molecule has 1 rings (SSSR count). The van der Waals surface area contributed by atoms with Gasteiger partial charge in [0.1, 0.15) is 6.10 Å². The molecule has 0 aliphatic rings. The van der Waals surface area contributed by atoms with E-state index < -0.39 is 6.10 Å². The molecule has 0 aliphatic carbocycles. The molecular formula is C10H9ClO. The van der Waals surface area contributed by atoms with Crippen LogP contribution in [-0.4, -0.2) is 5.11 Å². The van der Waals surface area contributed by atoms with E-state index in [-0.39, 0.29) is 0 Å². The minimum atomic E-state index is -0.666. The molecule has 0 aromatic heterocycles. The van der Waals surface area contributed by atoms with E-state index in [0.29, 0.717) is 5.02 Å². The third kappa shape index (κ3) is 2.24. The minimum Gasteiger partial charge on any atom is -0.384 e. The van der Waals surface area contributed by atoms with Crippen molar-refractivity contribution < 1.29 is 5.11 Å². The van der Waals surface area contributed by atoms with Gasteiger partial charge in [-0.05, 0) is 23.8 Å². The van der Waals surface area contributed by atoms with Crippen molar-refractivity contribution in [3.63, 3.8) is 0 Å². The van der Waals surface area contributed by atoms with E-state index in [4.69, 9.17) is 11.6 Å². The SMILES string of the molecule is C=C=C[C@@H](O)c1cccc(Cl)c1. The van der Waals surface area contributed by atoms with Crippen molar-refractivity contribution in [1.29, 1.82) is 0 Å². The Morgan fingerprint density at radius 3 is 2.92 bits per heavy atom. The van der Waals surface area contributed by atoms with Gasteiger partial charge in [-0.2, -0.15) is 0 Å². The van der Waals surface area contributed by atoms with Gasteiger partial charge < -0.3 is 5.11 Å². The van der Waals surface area contributed by atoms with Gasteiger partial charge in [0.2, 0.25) is 0 Å². The lowest BCUT2D eigenvalue weighted by Gasteiger charge is -2.03. The van der Waals surface area contributed by atoms with Crippen LogP contribution in [0.25, 0.3) is 0 Å². The molecule has 0 radical (unpaired) electrons. The number of benzene rings is 1. The first-order valence-corrected chi connectivity index (χ1v) is 3.91. The molecule has 0 bridgehead atoms. The first-order valence-electron chi connectivity index (χ1n) is 3.53. The molecule has 1 atom stereocenters. The highest BCUT2D eigenvalue weighted by molar-refractivity contribution is 6.30. The molecule has 0 fully saturated rings. The molecule has 0 aliphatic heterocycles. The summed E-state index contributed by atoms with van der Waals surface area (Å²) >= 11 is 5.73. The van der Waals surface area contributed by atoms with Crippen LogP contribution in [0.5, 0.6) is 0 Å². The van der Waals surface area contributed by atoms with Crippen LogP contribution < -0.4 is 0 Å². The molecule has 12 heavy (non-hydrogen) atoms. The molecular weight excluding hydrogens is 172 g/mol. The average molecular weight is 181 g/mol. The number of halogens is 1. The molecule has 1 aromatic carbocycles. The van der Waals surface area contributed by atoms with Gasteiger partial charge in [0.25, 0.3) is 0 Å². The highest BCUT2D eigenvalue weighted by atomic mass is 35.5. The Labute approximate surface area is 76.6 Å². The quantitative estimate of drug-likeness (QED) is 0.694. The smallest absolute Gasteiger partial charge is 0.105 e. The van der Waals surface area contributed by atoms with Gasteiger partial charge in [-0.25, -0.2) is 0 Å². The van der Waals surface area contributed by atoms with E-state index >= 15 is 0 Å². The monoisotopic (exact) mass is 180 g/mol. The van der Waals surface area contributed by atoms with Gasteiger partial charge in [-0.1, -0.05) is 30.3 Å². The maximum Gasteiger partial charge on any atom is 0.105 e. The summed E-state index contributed by atoms with van der Waals surface area (Å²) in [5, 5.41) is 10.0. The van der Waals surface area contributed by atoms with E-state index in [1.165, 1.54) is 6.08 Å². The summed E-state index contributed by atoms with van der Waals surface area (Å²) in [6, 6.07) is 7.05. The summed E-state index contributed by atoms with van der Waals surface area (Å²) in [7, 11) is 0. The van der Waals surface area contributed by atoms with Crippen LogP contribution in [0.3, 0.4) is 0 Å². The molecule has 0 saturated heterocycles. The predicted octanol–water partition coefficient (Wildman–Crippen LogP) is 2.71. The van der Waals surface area contributed by atoms with E-state index in [0.717, 1.165) is 5.56 Å². The number of aliphatic hydroxyl groups is 1. The largest absolute Gasteiger partial charge is 0.384 e. The lowest BCUT2D eigenvalue weighted by molar-refractivity contribution is 0.229. The van der Waals surface area contributed by atoms with Crippen LogP contribution in [0.1, 0.15) is 11.7 Å². The fourth-order valence-corrected chi connectivity index (χ4v) is 1.10. The molecule has 0 spiro atoms. The molecule has 2 heteroatoms. The predicted molar refractivity (Wildman–Crippen MR) is 50.1 cm³/mol. The van der Waals surface area contributed by atoms with Crippen LogP contribution >= 0.6 is 11.6 Å². The summed E-state index contributed by atoms with van der Waals surface area (Å²) < 4.78 is 0. The van der Waals surface area contributed by atoms with Gasteiger partial charge in [-0.15, -0.1) is 5.73 Å². The normalized spacial score (nSPS) is 11.8. The Kier molecular flexibility index (Phi) is 3.12. The van der Waals surface area contributed by atoms with Gasteiger partial charge in [0.05, 0.1) is 0 Å². The lowest BCUT2D eigenvalue weighted by atomic mass is 10.1. The van der Waals surface area contributed by atoms with Crippen LogP contribution in [-0.2, 0) is 0 Å². The molecule has 0 unspecified atom stereocenters. The molecule has 0 saturated carbocycles. The van der Waals surface area contributed by atoms with Crippen molar-refractivity contribution in [1.82, 2.24) is 0 Å². The fourth-order valence-electron chi connectivity index (χ4n) is 0.898. The second-order valence-corrected chi connectivity index (χ2v) is 2.81. The van der Waals surface area contributed by atoms with Crippen LogP contribution in [0.4, 0.5) is 0 Å². The Bertz CT molecular complexity index is 313. The molecule has 1 N–H and O–H groups in total. The summed E-state index contributed by atoms with van der Waals surface area (Å²) in [6.07, 6.45) is 0.812. The Hall–Kier alpha value is -1.01. The van der Waals surface area contributed by atoms with E-state index in [2.05, 4.69) is 12.3 Å². The molecule has 62 valence electrons. The third-order valence-electron chi connectivity index (χ3n) is 1.47. The van der Waals surface area contributed by atoms with E-state index in [1.807, 2.05) is 0 Å². The average Bonchev–Trinajstić information content (AvgIpc) is 2.05. The van der Waals surface area contributed by atoms with E-state index in [1.54, 1.807) is 24.3 Å². The summed E-state index contributed by atoms with van der Waals surface area (Å²) in [6.45, 7) is 3.38. The standard InChI is InChI=1S/C10H9ClO/c1-2-4-10(12)8-5-3-6-9(11)7-8/h3-7,10,12H,1H2/t10-/m1/s1. The molecule has 0 heterocycles. The highest BCUT2D eigenvalue weighted by Crippen LogP contribution is 2.17. The second-order valence-electron chi connectivity index (χ2n) is 2.37. The highest BCUT2D eigenvalue weighted by Gasteiger charge is 2.01. The maximum absolute atomic E-state index is 9.43. The Balaban J connectivity index is 2.94. The molecule has 1 aromatic rings. The van der Waals surface area contributed by atoms with Crippen molar-refractivity contribution in [2.45, 2.75) is 6.10 Å². The van der Waals surface area contributed by atoms with Crippen molar-refractivity contribution in [3.8, 4) is 0 Å². The zero-order valence-corrected chi connectivity index (χ0v) is 7.25. The third-order valence-corrected chi connectivity index (χ3v) is 1.70. The Morgan fingerprint density at radius 1 is 1.58 bits per heavy atom. The van der Waals surface area contributed by atoms with Crippen LogP contribution in [0.2, 0.25) is 5.02 Å². The number of hydrogen-bond acceptors (Lipinski definition) is 1. The maximum atomic E-state index is 9.43. The number of aliphatic hydroxyl groups excluding tert-OH is 1. The van der Waals surface area contributed by atoms with Crippen LogP contribution in [0, 0.1) is 0 Å². The zero-order valence-electron chi connectivity index (χ0n) is 6.50. The Morgan fingerprint density at radius 2 is 2.33 bits per heavy atom. The number of rotatable bonds is 2. The zero-order chi connectivity index (χ0) is 8.97. The summed E-state index contributed by atoms with van der Waals surface area (Å²) in [4.78, 5) is 0. The van der Waals surface area contributed by atoms with Crippen LogP contribution in [0.15, 0.2) is 42.7 Å². The van der Waals surface area contributed by atoms with Crippen molar-refractivity contribution in [2.24, 2.45) is 0 Å². The van der Waals surface area contributed by atoms with Gasteiger partial charge in [0, 0.05) is 5.02 Å². The van der Waals surface area contributed by atoms with E-state index in [9.17, 15) is 5.11 Å². The van der Waals surface area contributed by atoms with Gasteiger partial charge >= 0.3 is 0 Å². The molecule has 1 nitrogen and oxygen atoms in total. The lowest BCUT2D eigenvalue weighted by Crippen LogP contribution is -1.91. The van der Waals surface area contributed by atoms with Crippen molar-refractivity contribution in [2.75, 3.05) is 0 Å². The second kappa shape index (κ2) is 4.13. The first kappa shape index (κ1) is 9.08. The fraction of sp³-hybridized carbons (Fsp3) is 0.100. The molecule has 0 amide bonds. The first-order chi connectivity index (χ1) is 5.74. The minimum absolute atomic E-state index is 0.615. The van der Waals surface area contributed by atoms with Crippen molar-refractivity contribution in [3.05, 3.63) is 53.2 Å². The summed E-state index contributed by atoms with van der Waals surface area (Å²) in [5.74, 6) is 0.